The third-order valence-electron chi connectivity index (χ3n) is 1.83. The largest absolute Gasteiger partial charge is 0.346 e. The summed E-state index contributed by atoms with van der Waals surface area (Å²) >= 11 is 0. The minimum absolute atomic E-state index is 0.0427. The zero-order valence-electron chi connectivity index (χ0n) is 8.07. The fourth-order valence-electron chi connectivity index (χ4n) is 1.16. The molecule has 0 aliphatic heterocycles. The van der Waals surface area contributed by atoms with Gasteiger partial charge in [0.2, 0.25) is 0 Å². The van der Waals surface area contributed by atoms with E-state index >= 15 is 0 Å². The zero-order chi connectivity index (χ0) is 11.4. The first-order valence-corrected chi connectivity index (χ1v) is 4.38. The van der Waals surface area contributed by atoms with E-state index in [0.717, 1.165) is 0 Å². The minimum atomic E-state index is -0.478. The van der Waals surface area contributed by atoms with E-state index in [4.69, 9.17) is 0 Å². The van der Waals surface area contributed by atoms with E-state index < -0.39 is 4.92 Å². The molecular formula is C9H7N5O2. The highest BCUT2D eigenvalue weighted by Crippen LogP contribution is 2.24. The minimum Gasteiger partial charge on any atom is -0.346 e. The number of nitro groups is 1. The summed E-state index contributed by atoms with van der Waals surface area (Å²) in [5.41, 5.74) is 0.833. The van der Waals surface area contributed by atoms with Gasteiger partial charge in [-0.15, -0.1) is 0 Å². The lowest BCUT2D eigenvalue weighted by atomic mass is 10.3. The summed E-state index contributed by atoms with van der Waals surface area (Å²) in [5.74, 6) is 0. The Morgan fingerprint density at radius 1 is 1.19 bits per heavy atom. The topological polar surface area (TPSA) is 93.8 Å². The maximum atomic E-state index is 10.7. The Morgan fingerprint density at radius 2 is 1.94 bits per heavy atom. The summed E-state index contributed by atoms with van der Waals surface area (Å²) in [4.78, 5) is 21.6. The Bertz CT molecular complexity index is 502. The van der Waals surface area contributed by atoms with Crippen molar-refractivity contribution in [2.75, 3.05) is 5.32 Å². The third kappa shape index (κ3) is 2.08. The molecule has 0 aliphatic carbocycles. The van der Waals surface area contributed by atoms with Crippen molar-refractivity contribution in [3.05, 3.63) is 47.3 Å². The fraction of sp³-hybridized carbons (Fsp3) is 0. The molecule has 2 aromatic heterocycles. The van der Waals surface area contributed by atoms with E-state index in [1.807, 2.05) is 0 Å². The molecule has 0 atom stereocenters. The molecule has 0 unspecified atom stereocenters. The SMILES string of the molecule is O=[N+]([O-])c1ccncc1Nc1cncnc1. The smallest absolute Gasteiger partial charge is 0.295 e. The molecule has 0 saturated heterocycles. The Kier molecular flexibility index (Phi) is 2.68. The van der Waals surface area contributed by atoms with Gasteiger partial charge in [-0.05, 0) is 0 Å². The summed E-state index contributed by atoms with van der Waals surface area (Å²) in [5, 5.41) is 13.5. The van der Waals surface area contributed by atoms with E-state index in [-0.39, 0.29) is 5.69 Å². The van der Waals surface area contributed by atoms with E-state index in [2.05, 4.69) is 20.3 Å². The molecule has 7 nitrogen and oxygen atoms in total. The molecule has 1 N–H and O–H groups in total. The van der Waals surface area contributed by atoms with E-state index in [0.29, 0.717) is 11.4 Å². The number of nitrogens with zero attached hydrogens (tertiary/aromatic N) is 4. The number of anilines is 2. The van der Waals surface area contributed by atoms with Gasteiger partial charge in [-0.1, -0.05) is 0 Å². The van der Waals surface area contributed by atoms with Gasteiger partial charge in [-0.3, -0.25) is 15.1 Å². The highest BCUT2D eigenvalue weighted by Gasteiger charge is 2.12. The van der Waals surface area contributed by atoms with Crippen LogP contribution in [0.15, 0.2) is 37.2 Å². The van der Waals surface area contributed by atoms with Crippen LogP contribution in [0.25, 0.3) is 0 Å². The van der Waals surface area contributed by atoms with Crippen LogP contribution >= 0.6 is 0 Å². The van der Waals surface area contributed by atoms with Crippen molar-refractivity contribution in [3.8, 4) is 0 Å². The van der Waals surface area contributed by atoms with Gasteiger partial charge in [0.05, 0.1) is 29.2 Å². The Labute approximate surface area is 90.4 Å². The summed E-state index contributed by atoms with van der Waals surface area (Å²) in [6, 6.07) is 1.33. The number of aromatic nitrogens is 3. The first-order chi connectivity index (χ1) is 7.77. The normalized spacial score (nSPS) is 9.75. The van der Waals surface area contributed by atoms with Crippen molar-refractivity contribution in [1.82, 2.24) is 15.0 Å². The van der Waals surface area contributed by atoms with Crippen LogP contribution < -0.4 is 5.32 Å². The molecule has 0 fully saturated rings. The summed E-state index contributed by atoms with van der Waals surface area (Å²) in [6.07, 6.45) is 7.16. The maximum absolute atomic E-state index is 10.7. The van der Waals surface area contributed by atoms with Gasteiger partial charge < -0.3 is 5.32 Å². The average Bonchev–Trinajstić information content (AvgIpc) is 2.31. The number of rotatable bonds is 3. The maximum Gasteiger partial charge on any atom is 0.295 e. The van der Waals surface area contributed by atoms with Gasteiger partial charge in [-0.25, -0.2) is 9.97 Å². The highest BCUT2D eigenvalue weighted by molar-refractivity contribution is 5.67. The van der Waals surface area contributed by atoms with Gasteiger partial charge in [-0.2, -0.15) is 0 Å². The van der Waals surface area contributed by atoms with Crippen molar-refractivity contribution in [1.29, 1.82) is 0 Å². The van der Waals surface area contributed by atoms with Crippen LogP contribution in [0.3, 0.4) is 0 Å². The molecule has 2 heterocycles. The van der Waals surface area contributed by atoms with Crippen LogP contribution in [0.5, 0.6) is 0 Å². The van der Waals surface area contributed by atoms with Gasteiger partial charge in [0.15, 0.2) is 0 Å². The number of nitrogens with one attached hydrogen (secondary N) is 1. The molecule has 80 valence electrons. The molecule has 16 heavy (non-hydrogen) atoms. The van der Waals surface area contributed by atoms with Gasteiger partial charge in [0.25, 0.3) is 5.69 Å². The van der Waals surface area contributed by atoms with Crippen molar-refractivity contribution in [2.24, 2.45) is 0 Å². The molecule has 0 spiro atoms. The van der Waals surface area contributed by atoms with Crippen molar-refractivity contribution < 1.29 is 4.92 Å². The zero-order valence-corrected chi connectivity index (χ0v) is 8.07. The molecular weight excluding hydrogens is 210 g/mol. The molecule has 0 bridgehead atoms. The van der Waals surface area contributed by atoms with E-state index in [1.54, 1.807) is 0 Å². The quantitative estimate of drug-likeness (QED) is 0.618. The third-order valence-corrected chi connectivity index (χ3v) is 1.83. The Morgan fingerprint density at radius 3 is 2.62 bits per heavy atom. The van der Waals surface area contributed by atoms with Crippen LogP contribution in [0.4, 0.5) is 17.1 Å². The van der Waals surface area contributed by atoms with Crippen molar-refractivity contribution >= 4 is 17.1 Å². The lowest BCUT2D eigenvalue weighted by Gasteiger charge is -2.04. The predicted molar refractivity (Wildman–Crippen MR) is 56.2 cm³/mol. The van der Waals surface area contributed by atoms with Gasteiger partial charge >= 0.3 is 0 Å². The number of hydrogen-bond donors (Lipinski definition) is 1. The van der Waals surface area contributed by atoms with Crippen LogP contribution in [0, 0.1) is 10.1 Å². The first kappa shape index (κ1) is 9.97. The van der Waals surface area contributed by atoms with Gasteiger partial charge in [0, 0.05) is 12.3 Å². The summed E-state index contributed by atoms with van der Waals surface area (Å²) in [7, 11) is 0. The van der Waals surface area contributed by atoms with Crippen molar-refractivity contribution in [2.45, 2.75) is 0 Å². The lowest BCUT2D eigenvalue weighted by molar-refractivity contribution is -0.384. The van der Waals surface area contributed by atoms with Crippen LogP contribution in [0.2, 0.25) is 0 Å². The lowest BCUT2D eigenvalue weighted by Crippen LogP contribution is -1.98. The predicted octanol–water partition coefficient (Wildman–Crippen LogP) is 1.52. The van der Waals surface area contributed by atoms with Crippen molar-refractivity contribution in [3.63, 3.8) is 0 Å². The molecule has 0 amide bonds. The first-order valence-electron chi connectivity index (χ1n) is 4.38. The fourth-order valence-corrected chi connectivity index (χ4v) is 1.16. The Hall–Kier alpha value is -2.57. The van der Waals surface area contributed by atoms with Crippen LogP contribution in [-0.4, -0.2) is 19.9 Å². The van der Waals surface area contributed by atoms with Crippen LogP contribution in [-0.2, 0) is 0 Å². The molecule has 0 radical (unpaired) electrons. The Balaban J connectivity index is 2.31. The molecule has 0 saturated carbocycles. The monoisotopic (exact) mass is 217 g/mol. The van der Waals surface area contributed by atoms with E-state index in [9.17, 15) is 10.1 Å². The number of hydrogen-bond acceptors (Lipinski definition) is 6. The standard InChI is InChI=1S/C9H7N5O2/c15-14(16)9-1-2-10-5-8(9)13-7-3-11-6-12-4-7/h1-6,13H. The molecule has 2 aromatic rings. The molecule has 0 aliphatic rings. The second-order valence-electron chi connectivity index (χ2n) is 2.90. The molecule has 7 heteroatoms. The summed E-state index contributed by atoms with van der Waals surface area (Å²) < 4.78 is 0. The number of pyridine rings is 1. The average molecular weight is 217 g/mol. The van der Waals surface area contributed by atoms with Crippen LogP contribution in [0.1, 0.15) is 0 Å². The highest BCUT2D eigenvalue weighted by atomic mass is 16.6. The second-order valence-corrected chi connectivity index (χ2v) is 2.90. The molecule has 2 rings (SSSR count). The summed E-state index contributed by atoms with van der Waals surface area (Å²) in [6.45, 7) is 0. The molecule has 0 aromatic carbocycles. The van der Waals surface area contributed by atoms with E-state index in [1.165, 1.54) is 37.2 Å². The second kappa shape index (κ2) is 4.30. The van der Waals surface area contributed by atoms with Gasteiger partial charge in [0.1, 0.15) is 12.0 Å².